The smallest absolute Gasteiger partial charge is 0.122 e. The fourth-order valence-corrected chi connectivity index (χ4v) is 3.13. The van der Waals surface area contributed by atoms with Gasteiger partial charge >= 0.3 is 0 Å². The van der Waals surface area contributed by atoms with Crippen LogP contribution in [0, 0.1) is 5.92 Å². The Hall–Kier alpha value is -1.06. The van der Waals surface area contributed by atoms with E-state index in [1.807, 2.05) is 0 Å². The van der Waals surface area contributed by atoms with Crippen molar-refractivity contribution in [2.75, 3.05) is 39.8 Å². The predicted molar refractivity (Wildman–Crippen MR) is 77.8 cm³/mol. The van der Waals surface area contributed by atoms with Crippen LogP contribution >= 0.6 is 0 Å². The van der Waals surface area contributed by atoms with E-state index in [2.05, 4.69) is 35.5 Å². The van der Waals surface area contributed by atoms with Crippen LogP contribution in [-0.4, -0.2) is 44.7 Å². The maximum Gasteiger partial charge on any atom is 0.122 e. The van der Waals surface area contributed by atoms with Crippen LogP contribution < -0.4 is 10.1 Å². The first kappa shape index (κ1) is 12.9. The minimum Gasteiger partial charge on any atom is -0.493 e. The molecule has 0 amide bonds. The van der Waals surface area contributed by atoms with Crippen LogP contribution in [0.3, 0.4) is 0 Å². The van der Waals surface area contributed by atoms with E-state index in [-0.39, 0.29) is 0 Å². The lowest BCUT2D eigenvalue weighted by molar-refractivity contribution is 0.357. The Morgan fingerprint density at radius 3 is 3.21 bits per heavy atom. The first-order valence-electron chi connectivity index (χ1n) is 7.45. The zero-order valence-electron chi connectivity index (χ0n) is 11.8. The van der Waals surface area contributed by atoms with Crippen molar-refractivity contribution in [3.05, 3.63) is 29.3 Å². The fourth-order valence-electron chi connectivity index (χ4n) is 3.13. The standard InChI is InChI=1S/C16H24N2O/c1-18-8-5-14(12-18)11-17-7-4-13-2-3-16-15(10-13)6-9-19-16/h2-3,10,14,17H,4-9,11-12H2,1H3. The van der Waals surface area contributed by atoms with Crippen LogP contribution in [0.1, 0.15) is 17.5 Å². The number of hydrogen-bond donors (Lipinski definition) is 1. The monoisotopic (exact) mass is 260 g/mol. The van der Waals surface area contributed by atoms with E-state index in [1.165, 1.54) is 37.2 Å². The second kappa shape index (κ2) is 5.93. The molecule has 2 heterocycles. The number of hydrogen-bond acceptors (Lipinski definition) is 3. The number of ether oxygens (including phenoxy) is 1. The Kier molecular flexibility index (Phi) is 4.04. The summed E-state index contributed by atoms with van der Waals surface area (Å²) < 4.78 is 5.54. The first-order chi connectivity index (χ1) is 9.31. The number of likely N-dealkylation sites (tertiary alicyclic amines) is 1. The summed E-state index contributed by atoms with van der Waals surface area (Å²) in [4.78, 5) is 2.42. The summed E-state index contributed by atoms with van der Waals surface area (Å²) in [6, 6.07) is 6.64. The van der Waals surface area contributed by atoms with Crippen molar-refractivity contribution in [2.45, 2.75) is 19.3 Å². The molecule has 104 valence electrons. The molecule has 0 radical (unpaired) electrons. The fraction of sp³-hybridized carbons (Fsp3) is 0.625. The normalized spacial score (nSPS) is 22.5. The first-order valence-corrected chi connectivity index (χ1v) is 7.45. The second-order valence-electron chi connectivity index (χ2n) is 5.91. The van der Waals surface area contributed by atoms with Gasteiger partial charge in [0.25, 0.3) is 0 Å². The Balaban J connectivity index is 1.40. The van der Waals surface area contributed by atoms with Gasteiger partial charge in [-0.25, -0.2) is 0 Å². The molecule has 0 aromatic heterocycles. The topological polar surface area (TPSA) is 24.5 Å². The second-order valence-corrected chi connectivity index (χ2v) is 5.91. The van der Waals surface area contributed by atoms with Gasteiger partial charge in [0.2, 0.25) is 0 Å². The Morgan fingerprint density at radius 1 is 1.42 bits per heavy atom. The van der Waals surface area contributed by atoms with E-state index in [9.17, 15) is 0 Å². The lowest BCUT2D eigenvalue weighted by Gasteiger charge is -2.11. The quantitative estimate of drug-likeness (QED) is 0.816. The molecule has 1 fully saturated rings. The molecule has 3 nitrogen and oxygen atoms in total. The van der Waals surface area contributed by atoms with Gasteiger partial charge in [0, 0.05) is 13.0 Å². The van der Waals surface area contributed by atoms with Crippen LogP contribution in [-0.2, 0) is 12.8 Å². The van der Waals surface area contributed by atoms with E-state index in [1.54, 1.807) is 0 Å². The lowest BCUT2D eigenvalue weighted by atomic mass is 10.1. The summed E-state index contributed by atoms with van der Waals surface area (Å²) in [6.45, 7) is 5.62. The summed E-state index contributed by atoms with van der Waals surface area (Å²) in [5.74, 6) is 1.93. The van der Waals surface area contributed by atoms with Gasteiger partial charge in [-0.1, -0.05) is 12.1 Å². The average Bonchev–Trinajstić information content (AvgIpc) is 3.03. The van der Waals surface area contributed by atoms with Gasteiger partial charge in [-0.2, -0.15) is 0 Å². The third-order valence-electron chi connectivity index (χ3n) is 4.27. The molecular weight excluding hydrogens is 236 g/mol. The molecule has 1 N–H and O–H groups in total. The highest BCUT2D eigenvalue weighted by Crippen LogP contribution is 2.25. The molecule has 0 spiro atoms. The molecule has 1 unspecified atom stereocenters. The summed E-state index contributed by atoms with van der Waals surface area (Å²) in [7, 11) is 2.21. The molecule has 0 saturated carbocycles. The van der Waals surface area contributed by atoms with Crippen molar-refractivity contribution < 1.29 is 4.74 Å². The third-order valence-corrected chi connectivity index (χ3v) is 4.27. The molecular formula is C16H24N2O. The van der Waals surface area contributed by atoms with Crippen LogP contribution in [0.5, 0.6) is 5.75 Å². The number of nitrogens with zero attached hydrogens (tertiary/aromatic N) is 1. The van der Waals surface area contributed by atoms with Gasteiger partial charge in [0.15, 0.2) is 0 Å². The number of rotatable bonds is 5. The molecule has 1 atom stereocenters. The van der Waals surface area contributed by atoms with E-state index in [4.69, 9.17) is 4.74 Å². The summed E-state index contributed by atoms with van der Waals surface area (Å²) in [6.07, 6.45) is 3.54. The minimum absolute atomic E-state index is 0.846. The van der Waals surface area contributed by atoms with Crippen molar-refractivity contribution in [1.82, 2.24) is 10.2 Å². The molecule has 2 aliphatic rings. The number of nitrogens with one attached hydrogen (secondary N) is 1. The lowest BCUT2D eigenvalue weighted by Crippen LogP contribution is -2.26. The highest BCUT2D eigenvalue weighted by molar-refractivity contribution is 5.39. The molecule has 1 aromatic rings. The van der Waals surface area contributed by atoms with Crippen molar-refractivity contribution in [1.29, 1.82) is 0 Å². The SMILES string of the molecule is CN1CCC(CNCCc2ccc3c(c2)CCO3)C1. The molecule has 3 rings (SSSR count). The molecule has 1 saturated heterocycles. The summed E-state index contributed by atoms with van der Waals surface area (Å²) in [5, 5.41) is 3.61. The van der Waals surface area contributed by atoms with Crippen molar-refractivity contribution >= 4 is 0 Å². The van der Waals surface area contributed by atoms with Gasteiger partial charge in [-0.15, -0.1) is 0 Å². The predicted octanol–water partition coefficient (Wildman–Crippen LogP) is 1.71. The number of fused-ring (bicyclic) bond motifs is 1. The minimum atomic E-state index is 0.846. The zero-order chi connectivity index (χ0) is 13.1. The Bertz CT molecular complexity index is 433. The van der Waals surface area contributed by atoms with E-state index in [0.717, 1.165) is 37.7 Å². The van der Waals surface area contributed by atoms with Gasteiger partial charge in [-0.05, 0) is 62.6 Å². The summed E-state index contributed by atoms with van der Waals surface area (Å²) >= 11 is 0. The largest absolute Gasteiger partial charge is 0.493 e. The van der Waals surface area contributed by atoms with Gasteiger partial charge < -0.3 is 15.0 Å². The van der Waals surface area contributed by atoms with Crippen LogP contribution in [0.15, 0.2) is 18.2 Å². The molecule has 0 bridgehead atoms. The number of benzene rings is 1. The highest BCUT2D eigenvalue weighted by atomic mass is 16.5. The van der Waals surface area contributed by atoms with E-state index >= 15 is 0 Å². The van der Waals surface area contributed by atoms with Gasteiger partial charge in [-0.3, -0.25) is 0 Å². The van der Waals surface area contributed by atoms with Crippen LogP contribution in [0.25, 0.3) is 0 Å². The molecule has 19 heavy (non-hydrogen) atoms. The summed E-state index contributed by atoms with van der Waals surface area (Å²) in [5.41, 5.74) is 2.82. The molecule has 1 aromatic carbocycles. The zero-order valence-corrected chi connectivity index (χ0v) is 11.8. The Labute approximate surface area is 115 Å². The average molecular weight is 260 g/mol. The molecule has 3 heteroatoms. The Morgan fingerprint density at radius 2 is 2.37 bits per heavy atom. The van der Waals surface area contributed by atoms with Crippen molar-refractivity contribution in [3.63, 3.8) is 0 Å². The van der Waals surface area contributed by atoms with E-state index < -0.39 is 0 Å². The van der Waals surface area contributed by atoms with Crippen molar-refractivity contribution in [2.24, 2.45) is 5.92 Å². The maximum absolute atomic E-state index is 5.54. The van der Waals surface area contributed by atoms with Gasteiger partial charge in [0.1, 0.15) is 5.75 Å². The van der Waals surface area contributed by atoms with Crippen LogP contribution in [0.4, 0.5) is 0 Å². The molecule has 0 aliphatic carbocycles. The van der Waals surface area contributed by atoms with E-state index in [0.29, 0.717) is 0 Å². The van der Waals surface area contributed by atoms with Gasteiger partial charge in [0.05, 0.1) is 6.61 Å². The van der Waals surface area contributed by atoms with Crippen LogP contribution in [0.2, 0.25) is 0 Å². The molecule has 2 aliphatic heterocycles. The third kappa shape index (κ3) is 3.28. The van der Waals surface area contributed by atoms with Crippen molar-refractivity contribution in [3.8, 4) is 5.75 Å². The maximum atomic E-state index is 5.54. The highest BCUT2D eigenvalue weighted by Gasteiger charge is 2.18.